The van der Waals surface area contributed by atoms with Gasteiger partial charge in [0, 0.05) is 11.8 Å². The van der Waals surface area contributed by atoms with Crippen molar-refractivity contribution < 1.29 is 14.3 Å². The zero-order valence-corrected chi connectivity index (χ0v) is 9.61. The summed E-state index contributed by atoms with van der Waals surface area (Å²) in [6, 6.07) is 4.57. The summed E-state index contributed by atoms with van der Waals surface area (Å²) >= 11 is 0. The van der Waals surface area contributed by atoms with Crippen LogP contribution in [-0.4, -0.2) is 26.2 Å². The van der Waals surface area contributed by atoms with Gasteiger partial charge in [0.2, 0.25) is 5.91 Å². The molecule has 0 aliphatic carbocycles. The van der Waals surface area contributed by atoms with Crippen LogP contribution in [0.5, 0.6) is 11.5 Å². The molecule has 1 atom stereocenters. The molecule has 0 heterocycles. The molecule has 0 fully saturated rings. The summed E-state index contributed by atoms with van der Waals surface area (Å²) < 4.78 is 10.2. The second kappa shape index (κ2) is 5.37. The van der Waals surface area contributed by atoms with Crippen LogP contribution in [0.2, 0.25) is 0 Å². The van der Waals surface area contributed by atoms with Gasteiger partial charge in [-0.2, -0.15) is 0 Å². The molecule has 0 saturated carbocycles. The molecule has 0 aliphatic rings. The van der Waals surface area contributed by atoms with Crippen LogP contribution in [0.3, 0.4) is 0 Å². The SMILES string of the molecule is COc1ccc(NC(=O)[C@@H](C)N)cc1OC. The van der Waals surface area contributed by atoms with Crippen LogP contribution in [0.1, 0.15) is 6.92 Å². The second-order valence-electron chi connectivity index (χ2n) is 3.35. The minimum atomic E-state index is -0.548. The van der Waals surface area contributed by atoms with Crippen molar-refractivity contribution in [3.63, 3.8) is 0 Å². The third-order valence-corrected chi connectivity index (χ3v) is 2.06. The molecule has 0 spiro atoms. The van der Waals surface area contributed by atoms with Crippen LogP contribution in [0.25, 0.3) is 0 Å². The van der Waals surface area contributed by atoms with E-state index in [1.807, 2.05) is 0 Å². The van der Waals surface area contributed by atoms with E-state index < -0.39 is 6.04 Å². The van der Waals surface area contributed by atoms with Crippen LogP contribution in [0, 0.1) is 0 Å². The molecule has 0 unspecified atom stereocenters. The van der Waals surface area contributed by atoms with E-state index in [0.717, 1.165) is 0 Å². The first-order valence-corrected chi connectivity index (χ1v) is 4.87. The Morgan fingerprint density at radius 2 is 1.94 bits per heavy atom. The molecule has 5 heteroatoms. The van der Waals surface area contributed by atoms with Gasteiger partial charge in [-0.15, -0.1) is 0 Å². The lowest BCUT2D eigenvalue weighted by atomic mass is 10.2. The monoisotopic (exact) mass is 224 g/mol. The third kappa shape index (κ3) is 2.87. The van der Waals surface area contributed by atoms with Gasteiger partial charge in [-0.3, -0.25) is 4.79 Å². The zero-order valence-electron chi connectivity index (χ0n) is 9.61. The zero-order chi connectivity index (χ0) is 12.1. The molecule has 88 valence electrons. The Morgan fingerprint density at radius 3 is 2.44 bits per heavy atom. The van der Waals surface area contributed by atoms with Gasteiger partial charge in [0.25, 0.3) is 0 Å². The number of amides is 1. The standard InChI is InChI=1S/C11H16N2O3/c1-7(12)11(14)13-8-4-5-9(15-2)10(6-8)16-3/h4-7H,12H2,1-3H3,(H,13,14)/t7-/m1/s1. The highest BCUT2D eigenvalue weighted by Crippen LogP contribution is 2.29. The van der Waals surface area contributed by atoms with Crippen molar-refractivity contribution in [2.24, 2.45) is 5.73 Å². The molecule has 0 aliphatic heterocycles. The highest BCUT2D eigenvalue weighted by molar-refractivity contribution is 5.94. The highest BCUT2D eigenvalue weighted by atomic mass is 16.5. The van der Waals surface area contributed by atoms with E-state index in [9.17, 15) is 4.79 Å². The minimum absolute atomic E-state index is 0.243. The van der Waals surface area contributed by atoms with Gasteiger partial charge in [-0.25, -0.2) is 0 Å². The fourth-order valence-electron chi connectivity index (χ4n) is 1.17. The fourth-order valence-corrected chi connectivity index (χ4v) is 1.17. The van der Waals surface area contributed by atoms with Crippen LogP contribution in [0.4, 0.5) is 5.69 Å². The summed E-state index contributed by atoms with van der Waals surface area (Å²) in [5.74, 6) is 0.929. The van der Waals surface area contributed by atoms with Crippen molar-refractivity contribution in [1.29, 1.82) is 0 Å². The lowest BCUT2D eigenvalue weighted by Gasteiger charge is -2.11. The van der Waals surface area contributed by atoms with Crippen molar-refractivity contribution in [2.75, 3.05) is 19.5 Å². The van der Waals surface area contributed by atoms with Crippen molar-refractivity contribution in [3.05, 3.63) is 18.2 Å². The number of benzene rings is 1. The lowest BCUT2D eigenvalue weighted by molar-refractivity contribution is -0.117. The van der Waals surface area contributed by atoms with Crippen LogP contribution in [-0.2, 0) is 4.79 Å². The smallest absolute Gasteiger partial charge is 0.241 e. The molecule has 0 bridgehead atoms. The number of hydrogen-bond acceptors (Lipinski definition) is 4. The van der Waals surface area contributed by atoms with E-state index in [-0.39, 0.29) is 5.91 Å². The van der Waals surface area contributed by atoms with E-state index in [1.54, 1.807) is 32.2 Å². The molecule has 0 aromatic heterocycles. The Morgan fingerprint density at radius 1 is 1.31 bits per heavy atom. The average molecular weight is 224 g/mol. The summed E-state index contributed by atoms with van der Waals surface area (Å²) in [6.45, 7) is 1.62. The Hall–Kier alpha value is -1.75. The maximum absolute atomic E-state index is 11.4. The maximum atomic E-state index is 11.4. The largest absolute Gasteiger partial charge is 0.493 e. The van der Waals surface area contributed by atoms with Gasteiger partial charge in [-0.1, -0.05) is 0 Å². The third-order valence-electron chi connectivity index (χ3n) is 2.06. The topological polar surface area (TPSA) is 73.6 Å². The summed E-state index contributed by atoms with van der Waals surface area (Å²) in [5.41, 5.74) is 6.07. The van der Waals surface area contributed by atoms with Gasteiger partial charge in [0.15, 0.2) is 11.5 Å². The predicted molar refractivity (Wildman–Crippen MR) is 61.8 cm³/mol. The molecule has 5 nitrogen and oxygen atoms in total. The Balaban J connectivity index is 2.87. The Kier molecular flexibility index (Phi) is 4.13. The number of carbonyl (C=O) groups is 1. The number of nitrogens with one attached hydrogen (secondary N) is 1. The van der Waals surface area contributed by atoms with E-state index in [4.69, 9.17) is 15.2 Å². The number of rotatable bonds is 4. The van der Waals surface area contributed by atoms with E-state index in [1.165, 1.54) is 7.11 Å². The van der Waals surface area contributed by atoms with Crippen LogP contribution < -0.4 is 20.5 Å². The summed E-state index contributed by atoms with van der Waals surface area (Å²) in [6.07, 6.45) is 0. The first-order valence-electron chi connectivity index (χ1n) is 4.87. The molecule has 16 heavy (non-hydrogen) atoms. The number of anilines is 1. The number of hydrogen-bond donors (Lipinski definition) is 2. The summed E-state index contributed by atoms with van der Waals surface area (Å²) in [4.78, 5) is 11.4. The maximum Gasteiger partial charge on any atom is 0.241 e. The lowest BCUT2D eigenvalue weighted by Crippen LogP contribution is -2.32. The van der Waals surface area contributed by atoms with Gasteiger partial charge in [0.05, 0.1) is 20.3 Å². The number of carbonyl (C=O) groups excluding carboxylic acids is 1. The molecule has 1 amide bonds. The molecular weight excluding hydrogens is 208 g/mol. The summed E-state index contributed by atoms with van der Waals surface area (Å²) in [5, 5.41) is 2.67. The van der Waals surface area contributed by atoms with Gasteiger partial charge >= 0.3 is 0 Å². The van der Waals surface area contributed by atoms with Crippen molar-refractivity contribution in [3.8, 4) is 11.5 Å². The highest BCUT2D eigenvalue weighted by Gasteiger charge is 2.09. The minimum Gasteiger partial charge on any atom is -0.493 e. The quantitative estimate of drug-likeness (QED) is 0.799. The van der Waals surface area contributed by atoms with E-state index >= 15 is 0 Å². The second-order valence-corrected chi connectivity index (χ2v) is 3.35. The molecule has 3 N–H and O–H groups in total. The Bertz CT molecular complexity index is 377. The van der Waals surface area contributed by atoms with E-state index in [0.29, 0.717) is 17.2 Å². The average Bonchev–Trinajstić information content (AvgIpc) is 2.28. The molecule has 0 saturated heterocycles. The Labute approximate surface area is 94.5 Å². The molecular formula is C11H16N2O3. The summed E-state index contributed by atoms with van der Waals surface area (Å²) in [7, 11) is 3.09. The molecule has 0 radical (unpaired) electrons. The van der Waals surface area contributed by atoms with Gasteiger partial charge in [0.1, 0.15) is 0 Å². The van der Waals surface area contributed by atoms with Crippen molar-refractivity contribution in [1.82, 2.24) is 0 Å². The predicted octanol–water partition coefficient (Wildman–Crippen LogP) is 0.989. The van der Waals surface area contributed by atoms with Crippen molar-refractivity contribution in [2.45, 2.75) is 13.0 Å². The van der Waals surface area contributed by atoms with Gasteiger partial charge in [-0.05, 0) is 19.1 Å². The molecule has 1 aromatic carbocycles. The van der Waals surface area contributed by atoms with Gasteiger partial charge < -0.3 is 20.5 Å². The molecule has 1 aromatic rings. The first kappa shape index (κ1) is 12.3. The number of ether oxygens (including phenoxy) is 2. The van der Waals surface area contributed by atoms with Crippen LogP contribution in [0.15, 0.2) is 18.2 Å². The first-order chi connectivity index (χ1) is 7.58. The number of nitrogens with two attached hydrogens (primary N) is 1. The number of methoxy groups -OCH3 is 2. The van der Waals surface area contributed by atoms with Crippen molar-refractivity contribution >= 4 is 11.6 Å². The fraction of sp³-hybridized carbons (Fsp3) is 0.364. The van der Waals surface area contributed by atoms with Crippen LogP contribution >= 0.6 is 0 Å². The van der Waals surface area contributed by atoms with E-state index in [2.05, 4.69) is 5.32 Å². The molecule has 1 rings (SSSR count). The normalized spacial score (nSPS) is 11.8.